The molecule has 1 nitrogen and oxygen atoms in total. The summed E-state index contributed by atoms with van der Waals surface area (Å²) in [5.74, 6) is 0. The SMILES string of the molecule is C/C=C/c1cc(C(F)(F)F)ccc1N. The molecule has 0 aliphatic heterocycles. The van der Waals surface area contributed by atoms with Crippen molar-refractivity contribution in [2.24, 2.45) is 0 Å². The van der Waals surface area contributed by atoms with E-state index in [9.17, 15) is 13.2 Å². The van der Waals surface area contributed by atoms with E-state index < -0.39 is 11.7 Å². The van der Waals surface area contributed by atoms with Crippen molar-refractivity contribution in [1.29, 1.82) is 0 Å². The molecule has 1 aromatic carbocycles. The van der Waals surface area contributed by atoms with Gasteiger partial charge in [0.05, 0.1) is 5.56 Å². The van der Waals surface area contributed by atoms with Gasteiger partial charge in [0.25, 0.3) is 0 Å². The van der Waals surface area contributed by atoms with Gasteiger partial charge in [0.1, 0.15) is 0 Å². The molecule has 0 unspecified atom stereocenters. The van der Waals surface area contributed by atoms with Gasteiger partial charge in [0, 0.05) is 5.69 Å². The number of nitrogens with two attached hydrogens (primary N) is 1. The highest BCUT2D eigenvalue weighted by molar-refractivity contribution is 5.65. The minimum Gasteiger partial charge on any atom is -0.398 e. The van der Waals surface area contributed by atoms with Crippen LogP contribution in [0.5, 0.6) is 0 Å². The van der Waals surface area contributed by atoms with E-state index in [0.717, 1.165) is 12.1 Å². The zero-order valence-electron chi connectivity index (χ0n) is 7.60. The second-order valence-corrected chi connectivity index (χ2v) is 2.84. The van der Waals surface area contributed by atoms with Gasteiger partial charge in [-0.15, -0.1) is 0 Å². The summed E-state index contributed by atoms with van der Waals surface area (Å²) in [6.45, 7) is 1.72. The van der Waals surface area contributed by atoms with Crippen LogP contribution in [-0.4, -0.2) is 0 Å². The lowest BCUT2D eigenvalue weighted by molar-refractivity contribution is -0.137. The first-order chi connectivity index (χ1) is 6.45. The lowest BCUT2D eigenvalue weighted by Gasteiger charge is -2.08. The molecule has 0 bridgehead atoms. The lowest BCUT2D eigenvalue weighted by atomic mass is 10.1. The Hall–Kier alpha value is -1.45. The van der Waals surface area contributed by atoms with Crippen LogP contribution in [-0.2, 0) is 6.18 Å². The Morgan fingerprint density at radius 3 is 2.43 bits per heavy atom. The molecule has 1 rings (SSSR count). The number of anilines is 1. The van der Waals surface area contributed by atoms with Crippen LogP contribution in [0.1, 0.15) is 18.1 Å². The maximum absolute atomic E-state index is 12.3. The lowest BCUT2D eigenvalue weighted by Crippen LogP contribution is -2.05. The Labute approximate surface area is 80.0 Å². The van der Waals surface area contributed by atoms with Crippen LogP contribution >= 0.6 is 0 Å². The molecular weight excluding hydrogens is 191 g/mol. The first kappa shape index (κ1) is 10.6. The fourth-order valence-electron chi connectivity index (χ4n) is 1.07. The Balaban J connectivity index is 3.19. The summed E-state index contributed by atoms with van der Waals surface area (Å²) in [4.78, 5) is 0. The second-order valence-electron chi connectivity index (χ2n) is 2.84. The van der Waals surface area contributed by atoms with Gasteiger partial charge in [0.2, 0.25) is 0 Å². The maximum atomic E-state index is 12.3. The van der Waals surface area contributed by atoms with Crippen LogP contribution in [0.25, 0.3) is 6.08 Å². The third-order valence-electron chi connectivity index (χ3n) is 1.76. The number of hydrogen-bond donors (Lipinski definition) is 1. The number of allylic oxidation sites excluding steroid dienone is 1. The molecule has 0 radical (unpaired) electrons. The van der Waals surface area contributed by atoms with Gasteiger partial charge < -0.3 is 5.73 Å². The average molecular weight is 201 g/mol. The van der Waals surface area contributed by atoms with E-state index in [1.54, 1.807) is 19.1 Å². The first-order valence-corrected chi connectivity index (χ1v) is 4.04. The summed E-state index contributed by atoms with van der Waals surface area (Å²) in [6.07, 6.45) is -1.12. The number of halogens is 3. The normalized spacial score (nSPS) is 12.3. The van der Waals surface area contributed by atoms with Crippen molar-refractivity contribution in [3.8, 4) is 0 Å². The fourth-order valence-corrected chi connectivity index (χ4v) is 1.07. The standard InChI is InChI=1S/C10H10F3N/c1-2-3-7-6-8(10(11,12)13)4-5-9(7)14/h2-6H,14H2,1H3/b3-2+. The number of benzene rings is 1. The van der Waals surface area contributed by atoms with E-state index >= 15 is 0 Å². The fraction of sp³-hybridized carbons (Fsp3) is 0.200. The zero-order chi connectivity index (χ0) is 10.8. The smallest absolute Gasteiger partial charge is 0.398 e. The molecular formula is C10H10F3N. The molecule has 2 N–H and O–H groups in total. The van der Waals surface area contributed by atoms with Gasteiger partial charge in [-0.3, -0.25) is 0 Å². The summed E-state index contributed by atoms with van der Waals surface area (Å²) in [7, 11) is 0. The second kappa shape index (κ2) is 3.74. The van der Waals surface area contributed by atoms with E-state index in [1.807, 2.05) is 0 Å². The van der Waals surface area contributed by atoms with Gasteiger partial charge in [0.15, 0.2) is 0 Å². The summed E-state index contributed by atoms with van der Waals surface area (Å²) in [5.41, 5.74) is 5.55. The molecule has 0 amide bonds. The minimum absolute atomic E-state index is 0.344. The predicted molar refractivity (Wildman–Crippen MR) is 50.6 cm³/mol. The quantitative estimate of drug-likeness (QED) is 0.693. The molecule has 76 valence electrons. The van der Waals surface area contributed by atoms with Gasteiger partial charge >= 0.3 is 6.18 Å². The van der Waals surface area contributed by atoms with Crippen molar-refractivity contribution in [2.75, 3.05) is 5.73 Å². The molecule has 14 heavy (non-hydrogen) atoms. The highest BCUT2D eigenvalue weighted by Gasteiger charge is 2.30. The van der Waals surface area contributed by atoms with Crippen molar-refractivity contribution in [3.63, 3.8) is 0 Å². The number of alkyl halides is 3. The molecule has 0 atom stereocenters. The number of hydrogen-bond acceptors (Lipinski definition) is 1. The molecule has 0 aliphatic carbocycles. The van der Waals surface area contributed by atoms with Crippen molar-refractivity contribution >= 4 is 11.8 Å². The van der Waals surface area contributed by atoms with Crippen molar-refractivity contribution in [2.45, 2.75) is 13.1 Å². The molecule has 0 spiro atoms. The third-order valence-corrected chi connectivity index (χ3v) is 1.76. The van der Waals surface area contributed by atoms with E-state index in [1.165, 1.54) is 6.07 Å². The highest BCUT2D eigenvalue weighted by atomic mass is 19.4. The Morgan fingerprint density at radius 2 is 1.93 bits per heavy atom. The topological polar surface area (TPSA) is 26.0 Å². The monoisotopic (exact) mass is 201 g/mol. The molecule has 0 fully saturated rings. The summed E-state index contributed by atoms with van der Waals surface area (Å²) in [5, 5.41) is 0. The Kier molecular flexibility index (Phi) is 2.84. The summed E-state index contributed by atoms with van der Waals surface area (Å²) >= 11 is 0. The Bertz CT molecular complexity index is 353. The molecule has 0 saturated heterocycles. The molecule has 0 aliphatic rings. The summed E-state index contributed by atoms with van der Waals surface area (Å²) < 4.78 is 36.8. The highest BCUT2D eigenvalue weighted by Crippen LogP contribution is 2.31. The van der Waals surface area contributed by atoms with E-state index in [4.69, 9.17) is 5.73 Å². The predicted octanol–water partition coefficient (Wildman–Crippen LogP) is 3.32. The van der Waals surface area contributed by atoms with E-state index in [2.05, 4.69) is 0 Å². The molecule has 0 heterocycles. The van der Waals surface area contributed by atoms with Gasteiger partial charge in [-0.25, -0.2) is 0 Å². The first-order valence-electron chi connectivity index (χ1n) is 4.04. The van der Waals surface area contributed by atoms with E-state index in [0.29, 0.717) is 11.3 Å². The summed E-state index contributed by atoms with van der Waals surface area (Å²) in [6, 6.07) is 3.27. The van der Waals surface area contributed by atoms with Crippen molar-refractivity contribution in [3.05, 3.63) is 35.4 Å². The van der Waals surface area contributed by atoms with Crippen LogP contribution < -0.4 is 5.73 Å². The number of nitrogen functional groups attached to an aromatic ring is 1. The largest absolute Gasteiger partial charge is 0.416 e. The minimum atomic E-state index is -4.32. The molecule has 0 aromatic heterocycles. The third kappa shape index (κ3) is 2.28. The van der Waals surface area contributed by atoms with Crippen LogP contribution in [0.15, 0.2) is 24.3 Å². The zero-order valence-corrected chi connectivity index (χ0v) is 7.60. The molecule has 0 saturated carbocycles. The molecule has 4 heteroatoms. The Morgan fingerprint density at radius 1 is 1.29 bits per heavy atom. The van der Waals surface area contributed by atoms with Gasteiger partial charge in [-0.1, -0.05) is 12.2 Å². The van der Waals surface area contributed by atoms with Crippen LogP contribution in [0.3, 0.4) is 0 Å². The molecule has 1 aromatic rings. The van der Waals surface area contributed by atoms with Gasteiger partial charge in [-0.2, -0.15) is 13.2 Å². The van der Waals surface area contributed by atoms with Crippen LogP contribution in [0.4, 0.5) is 18.9 Å². The maximum Gasteiger partial charge on any atom is 0.416 e. The van der Waals surface area contributed by atoms with Crippen LogP contribution in [0, 0.1) is 0 Å². The number of rotatable bonds is 1. The van der Waals surface area contributed by atoms with E-state index in [-0.39, 0.29) is 0 Å². The van der Waals surface area contributed by atoms with Crippen molar-refractivity contribution in [1.82, 2.24) is 0 Å². The van der Waals surface area contributed by atoms with Crippen LogP contribution in [0.2, 0.25) is 0 Å². The van der Waals surface area contributed by atoms with Crippen molar-refractivity contribution < 1.29 is 13.2 Å². The van der Waals surface area contributed by atoms with Gasteiger partial charge in [-0.05, 0) is 30.7 Å². The average Bonchev–Trinajstić information content (AvgIpc) is 2.07.